The second-order valence-corrected chi connectivity index (χ2v) is 3.86. The fourth-order valence-corrected chi connectivity index (χ4v) is 1.72. The van der Waals surface area contributed by atoms with E-state index in [4.69, 9.17) is 10.5 Å². The third kappa shape index (κ3) is 2.44. The number of methoxy groups -OCH3 is 1. The molecule has 0 radical (unpaired) electrons. The van der Waals surface area contributed by atoms with E-state index >= 15 is 0 Å². The Bertz CT molecular complexity index is 438. The highest BCUT2D eigenvalue weighted by molar-refractivity contribution is 7.09. The third-order valence-corrected chi connectivity index (χ3v) is 2.59. The summed E-state index contributed by atoms with van der Waals surface area (Å²) < 4.78 is 9.20. The van der Waals surface area contributed by atoms with E-state index in [1.807, 2.05) is 24.3 Å². The standard InChI is InChI=1S/C10H11N3OS/c1-14-8-4-2-7(3-5-8)6-9-12-10(11)15-13-9/h2-5H,6H2,1H3,(H2,11,12,13). The monoisotopic (exact) mass is 221 g/mol. The van der Waals surface area contributed by atoms with Crippen LogP contribution in [0.2, 0.25) is 0 Å². The topological polar surface area (TPSA) is 61.0 Å². The summed E-state index contributed by atoms with van der Waals surface area (Å²) >= 11 is 1.22. The SMILES string of the molecule is COc1ccc(Cc2nsc(N)n2)cc1. The predicted octanol–water partition coefficient (Wildman–Crippen LogP) is 1.72. The molecule has 2 rings (SSSR count). The van der Waals surface area contributed by atoms with E-state index in [1.165, 1.54) is 11.5 Å². The smallest absolute Gasteiger partial charge is 0.199 e. The highest BCUT2D eigenvalue weighted by atomic mass is 32.1. The molecule has 4 nitrogen and oxygen atoms in total. The summed E-state index contributed by atoms with van der Waals surface area (Å²) in [4.78, 5) is 4.10. The summed E-state index contributed by atoms with van der Waals surface area (Å²) in [6.07, 6.45) is 0.706. The van der Waals surface area contributed by atoms with E-state index in [1.54, 1.807) is 7.11 Å². The third-order valence-electron chi connectivity index (χ3n) is 2.01. The molecule has 0 amide bonds. The molecule has 1 heterocycles. The Morgan fingerprint density at radius 1 is 1.33 bits per heavy atom. The molecule has 5 heteroatoms. The van der Waals surface area contributed by atoms with Crippen LogP contribution in [0.25, 0.3) is 0 Å². The van der Waals surface area contributed by atoms with Crippen molar-refractivity contribution in [3.63, 3.8) is 0 Å². The lowest BCUT2D eigenvalue weighted by Crippen LogP contribution is -1.92. The first-order valence-electron chi connectivity index (χ1n) is 4.49. The quantitative estimate of drug-likeness (QED) is 0.857. The first-order valence-corrected chi connectivity index (χ1v) is 5.26. The Balaban J connectivity index is 2.11. The van der Waals surface area contributed by atoms with Crippen LogP contribution >= 0.6 is 11.5 Å². The van der Waals surface area contributed by atoms with E-state index in [9.17, 15) is 0 Å². The van der Waals surface area contributed by atoms with Gasteiger partial charge >= 0.3 is 0 Å². The molecule has 0 saturated carbocycles. The normalized spacial score (nSPS) is 10.2. The molecule has 0 saturated heterocycles. The van der Waals surface area contributed by atoms with Crippen molar-refractivity contribution in [1.82, 2.24) is 9.36 Å². The minimum Gasteiger partial charge on any atom is -0.497 e. The molecule has 15 heavy (non-hydrogen) atoms. The van der Waals surface area contributed by atoms with Gasteiger partial charge in [-0.3, -0.25) is 0 Å². The maximum Gasteiger partial charge on any atom is 0.199 e. The van der Waals surface area contributed by atoms with Crippen LogP contribution in [-0.4, -0.2) is 16.5 Å². The van der Waals surface area contributed by atoms with E-state index < -0.39 is 0 Å². The van der Waals surface area contributed by atoms with E-state index in [-0.39, 0.29) is 0 Å². The Morgan fingerprint density at radius 3 is 2.60 bits per heavy atom. The van der Waals surface area contributed by atoms with Crippen LogP contribution in [0.4, 0.5) is 5.13 Å². The van der Waals surface area contributed by atoms with Crippen LogP contribution in [0.15, 0.2) is 24.3 Å². The van der Waals surface area contributed by atoms with Crippen molar-refractivity contribution < 1.29 is 4.74 Å². The fraction of sp³-hybridized carbons (Fsp3) is 0.200. The van der Waals surface area contributed by atoms with Crippen LogP contribution in [0.1, 0.15) is 11.4 Å². The number of hydrogen-bond donors (Lipinski definition) is 1. The summed E-state index contributed by atoms with van der Waals surface area (Å²) in [5.74, 6) is 1.62. The lowest BCUT2D eigenvalue weighted by Gasteiger charge is -2.00. The van der Waals surface area contributed by atoms with E-state index in [0.29, 0.717) is 11.6 Å². The molecule has 0 spiro atoms. The minimum absolute atomic E-state index is 0.513. The summed E-state index contributed by atoms with van der Waals surface area (Å²) in [5.41, 5.74) is 6.65. The Kier molecular flexibility index (Phi) is 2.82. The average molecular weight is 221 g/mol. The molecule has 1 aromatic carbocycles. The maximum atomic E-state index is 5.50. The van der Waals surface area contributed by atoms with E-state index in [2.05, 4.69) is 9.36 Å². The van der Waals surface area contributed by atoms with Crippen LogP contribution < -0.4 is 10.5 Å². The first-order chi connectivity index (χ1) is 7.28. The molecular weight excluding hydrogens is 210 g/mol. The van der Waals surface area contributed by atoms with Crippen molar-refractivity contribution >= 4 is 16.7 Å². The molecule has 0 bridgehead atoms. The second-order valence-electron chi connectivity index (χ2n) is 3.07. The lowest BCUT2D eigenvalue weighted by molar-refractivity contribution is 0.414. The predicted molar refractivity (Wildman–Crippen MR) is 60.1 cm³/mol. The Labute approximate surface area is 91.9 Å². The summed E-state index contributed by atoms with van der Waals surface area (Å²) in [7, 11) is 1.65. The van der Waals surface area contributed by atoms with Crippen molar-refractivity contribution in [1.29, 1.82) is 0 Å². The van der Waals surface area contributed by atoms with Crippen molar-refractivity contribution in [2.24, 2.45) is 0 Å². The number of benzene rings is 1. The molecular formula is C10H11N3OS. The van der Waals surface area contributed by atoms with Gasteiger partial charge in [-0.25, -0.2) is 4.98 Å². The number of anilines is 1. The number of aromatic nitrogens is 2. The van der Waals surface area contributed by atoms with Gasteiger partial charge in [0.2, 0.25) is 0 Å². The Hall–Kier alpha value is -1.62. The summed E-state index contributed by atoms with van der Waals surface area (Å²) in [6, 6.07) is 7.84. The molecule has 0 fully saturated rings. The van der Waals surface area contributed by atoms with Crippen LogP contribution in [0.3, 0.4) is 0 Å². The fourth-order valence-electron chi connectivity index (χ4n) is 1.27. The minimum atomic E-state index is 0.513. The number of nitrogen functional groups attached to an aromatic ring is 1. The first kappa shape index (κ1) is 9.92. The van der Waals surface area contributed by atoms with E-state index in [0.717, 1.165) is 17.1 Å². The lowest BCUT2D eigenvalue weighted by atomic mass is 10.1. The maximum absolute atomic E-state index is 5.50. The molecule has 2 N–H and O–H groups in total. The van der Waals surface area contributed by atoms with Gasteiger partial charge in [0.05, 0.1) is 7.11 Å². The van der Waals surface area contributed by atoms with Gasteiger partial charge in [-0.05, 0) is 17.7 Å². The highest BCUT2D eigenvalue weighted by Crippen LogP contribution is 2.15. The molecule has 0 unspecified atom stereocenters. The van der Waals surface area contributed by atoms with Crippen molar-refractivity contribution in [2.45, 2.75) is 6.42 Å². The average Bonchev–Trinajstić information content (AvgIpc) is 2.65. The number of hydrogen-bond acceptors (Lipinski definition) is 5. The van der Waals surface area contributed by atoms with Crippen LogP contribution in [0.5, 0.6) is 5.75 Å². The van der Waals surface area contributed by atoms with Crippen LogP contribution in [-0.2, 0) is 6.42 Å². The van der Waals surface area contributed by atoms with Gasteiger partial charge < -0.3 is 10.5 Å². The zero-order chi connectivity index (χ0) is 10.7. The van der Waals surface area contributed by atoms with Crippen LogP contribution in [0, 0.1) is 0 Å². The van der Waals surface area contributed by atoms with Gasteiger partial charge in [-0.2, -0.15) is 4.37 Å². The van der Waals surface area contributed by atoms with Gasteiger partial charge in [-0.1, -0.05) is 12.1 Å². The molecule has 0 aliphatic carbocycles. The molecule has 2 aromatic rings. The van der Waals surface area contributed by atoms with Crippen molar-refractivity contribution in [2.75, 3.05) is 12.8 Å². The number of nitrogens with two attached hydrogens (primary N) is 1. The van der Waals surface area contributed by atoms with Gasteiger partial charge in [0.25, 0.3) is 0 Å². The molecule has 0 aliphatic heterocycles. The van der Waals surface area contributed by atoms with Gasteiger partial charge in [0.15, 0.2) is 5.13 Å². The highest BCUT2D eigenvalue weighted by Gasteiger charge is 2.02. The zero-order valence-corrected chi connectivity index (χ0v) is 9.12. The largest absolute Gasteiger partial charge is 0.497 e. The van der Waals surface area contributed by atoms with Crippen molar-refractivity contribution in [3.05, 3.63) is 35.7 Å². The molecule has 1 aromatic heterocycles. The zero-order valence-electron chi connectivity index (χ0n) is 8.30. The van der Waals surface area contributed by atoms with Gasteiger partial charge in [0, 0.05) is 18.0 Å². The Morgan fingerprint density at radius 2 is 2.07 bits per heavy atom. The summed E-state index contributed by atoms with van der Waals surface area (Å²) in [6.45, 7) is 0. The molecule has 78 valence electrons. The summed E-state index contributed by atoms with van der Waals surface area (Å²) in [5, 5.41) is 0.513. The molecule has 0 aliphatic rings. The number of ether oxygens (including phenoxy) is 1. The molecule has 0 atom stereocenters. The number of rotatable bonds is 3. The van der Waals surface area contributed by atoms with Crippen molar-refractivity contribution in [3.8, 4) is 5.75 Å². The van der Waals surface area contributed by atoms with Gasteiger partial charge in [0.1, 0.15) is 11.6 Å². The van der Waals surface area contributed by atoms with Gasteiger partial charge in [-0.15, -0.1) is 0 Å². The second kappa shape index (κ2) is 4.27. The number of nitrogens with zero attached hydrogens (tertiary/aromatic N) is 2.